The van der Waals surface area contributed by atoms with Crippen molar-refractivity contribution in [3.8, 4) is 0 Å². The van der Waals surface area contributed by atoms with Crippen molar-refractivity contribution in [3.63, 3.8) is 0 Å². The van der Waals surface area contributed by atoms with E-state index in [1.54, 1.807) is 30.3 Å². The third kappa shape index (κ3) is 3.89. The lowest BCUT2D eigenvalue weighted by molar-refractivity contribution is -0.149. The van der Waals surface area contributed by atoms with E-state index in [1.807, 2.05) is 0 Å². The molecule has 0 fully saturated rings. The Kier molecular flexibility index (Phi) is 4.86. The number of aliphatic carboxylic acids is 1. The van der Waals surface area contributed by atoms with Gasteiger partial charge in [-0.05, 0) is 5.56 Å². The molecule has 2 N–H and O–H groups in total. The maximum absolute atomic E-state index is 11.2. The summed E-state index contributed by atoms with van der Waals surface area (Å²) in [5.74, 6) is -2.50. The first-order valence-corrected chi connectivity index (χ1v) is 5.20. The molecule has 0 heterocycles. The average molecular weight is 251 g/mol. The summed E-state index contributed by atoms with van der Waals surface area (Å²) in [6, 6.07) is 7.89. The van der Waals surface area contributed by atoms with Gasteiger partial charge in [0.05, 0.1) is 13.2 Å². The number of hydrogen-bond acceptors (Lipinski definition) is 4. The number of carbonyl (C=O) groups excluding carboxylic acids is 2. The van der Waals surface area contributed by atoms with Crippen LogP contribution in [0.2, 0.25) is 0 Å². The standard InChI is InChI=1S/C12H13NO5/c1-18-12(17)13-9(7-10(14)11(15)16)8-5-3-2-4-6-8/h2-6,9H,7H2,1H3,(H,13,17)(H,15,16)/t9-/m0/s1. The molecule has 1 aromatic rings. The monoisotopic (exact) mass is 251 g/mol. The summed E-state index contributed by atoms with van der Waals surface area (Å²) in [6.45, 7) is 0. The second kappa shape index (κ2) is 6.39. The molecular formula is C12H13NO5. The minimum absolute atomic E-state index is 0.325. The predicted molar refractivity (Wildman–Crippen MR) is 62.0 cm³/mol. The van der Waals surface area contributed by atoms with Crippen LogP contribution in [0.3, 0.4) is 0 Å². The van der Waals surface area contributed by atoms with Gasteiger partial charge in [0.15, 0.2) is 0 Å². The van der Waals surface area contributed by atoms with Crippen LogP contribution >= 0.6 is 0 Å². The van der Waals surface area contributed by atoms with Crippen LogP contribution in [-0.2, 0) is 14.3 Å². The number of ketones is 1. The molecule has 0 aliphatic heterocycles. The summed E-state index contributed by atoms with van der Waals surface area (Å²) in [6.07, 6.45) is -1.05. The molecule has 0 aliphatic carbocycles. The highest BCUT2D eigenvalue weighted by Crippen LogP contribution is 2.17. The van der Waals surface area contributed by atoms with E-state index in [0.717, 1.165) is 0 Å². The Bertz CT molecular complexity index is 443. The number of alkyl carbamates (subject to hydrolysis) is 1. The van der Waals surface area contributed by atoms with E-state index in [1.165, 1.54) is 7.11 Å². The van der Waals surface area contributed by atoms with Gasteiger partial charge in [0.25, 0.3) is 0 Å². The van der Waals surface area contributed by atoms with Crippen LogP contribution in [0.1, 0.15) is 18.0 Å². The fraction of sp³-hybridized carbons (Fsp3) is 0.250. The number of rotatable bonds is 5. The fourth-order valence-electron chi connectivity index (χ4n) is 1.41. The highest BCUT2D eigenvalue weighted by atomic mass is 16.5. The number of nitrogens with one attached hydrogen (secondary N) is 1. The van der Waals surface area contributed by atoms with E-state index >= 15 is 0 Å². The van der Waals surface area contributed by atoms with E-state index in [0.29, 0.717) is 5.56 Å². The number of benzene rings is 1. The van der Waals surface area contributed by atoms with Gasteiger partial charge in [-0.25, -0.2) is 9.59 Å². The third-order valence-corrected chi connectivity index (χ3v) is 2.31. The third-order valence-electron chi connectivity index (χ3n) is 2.31. The molecule has 0 unspecified atom stereocenters. The lowest BCUT2D eigenvalue weighted by Gasteiger charge is -2.16. The van der Waals surface area contributed by atoms with Gasteiger partial charge in [-0.15, -0.1) is 0 Å². The Labute approximate surface area is 104 Å². The molecule has 0 bridgehead atoms. The van der Waals surface area contributed by atoms with E-state index in [2.05, 4.69) is 10.1 Å². The van der Waals surface area contributed by atoms with Crippen molar-refractivity contribution in [2.24, 2.45) is 0 Å². The van der Waals surface area contributed by atoms with Crippen LogP contribution in [0.15, 0.2) is 30.3 Å². The zero-order valence-corrected chi connectivity index (χ0v) is 9.75. The summed E-state index contributed by atoms with van der Waals surface area (Å²) in [7, 11) is 1.19. The Morgan fingerprint density at radius 1 is 1.28 bits per heavy atom. The maximum atomic E-state index is 11.2. The second-order valence-electron chi connectivity index (χ2n) is 3.53. The molecule has 6 heteroatoms. The molecule has 0 aliphatic rings. The quantitative estimate of drug-likeness (QED) is 0.765. The molecule has 96 valence electrons. The van der Waals surface area contributed by atoms with Crippen molar-refractivity contribution in [3.05, 3.63) is 35.9 Å². The highest BCUT2D eigenvalue weighted by molar-refractivity contribution is 6.32. The number of methoxy groups -OCH3 is 1. The fourth-order valence-corrected chi connectivity index (χ4v) is 1.41. The number of carboxylic acids is 1. The number of ether oxygens (including phenoxy) is 1. The van der Waals surface area contributed by atoms with Crippen LogP contribution in [-0.4, -0.2) is 30.1 Å². The Morgan fingerprint density at radius 2 is 1.89 bits per heavy atom. The van der Waals surface area contributed by atoms with Gasteiger partial charge < -0.3 is 15.2 Å². The molecule has 1 amide bonds. The Hall–Kier alpha value is -2.37. The minimum atomic E-state index is -1.53. The van der Waals surface area contributed by atoms with E-state index in [4.69, 9.17) is 5.11 Å². The van der Waals surface area contributed by atoms with Crippen molar-refractivity contribution < 1.29 is 24.2 Å². The summed E-state index contributed by atoms with van der Waals surface area (Å²) in [5, 5.41) is 11.0. The normalized spacial score (nSPS) is 11.4. The van der Waals surface area contributed by atoms with Crippen LogP contribution in [0.4, 0.5) is 4.79 Å². The number of hydrogen-bond donors (Lipinski definition) is 2. The summed E-state index contributed by atoms with van der Waals surface area (Å²) >= 11 is 0. The Balaban J connectivity index is 2.85. The molecule has 0 saturated heterocycles. The van der Waals surface area contributed by atoms with Crippen LogP contribution in [0.5, 0.6) is 0 Å². The van der Waals surface area contributed by atoms with Crippen molar-refractivity contribution in [2.75, 3.05) is 7.11 Å². The minimum Gasteiger partial charge on any atom is -0.475 e. The predicted octanol–water partition coefficient (Wildman–Crippen LogP) is 1.13. The zero-order valence-electron chi connectivity index (χ0n) is 9.75. The second-order valence-corrected chi connectivity index (χ2v) is 3.53. The largest absolute Gasteiger partial charge is 0.475 e. The van der Waals surface area contributed by atoms with Gasteiger partial charge in [0, 0.05) is 6.42 Å². The first-order valence-electron chi connectivity index (χ1n) is 5.20. The molecule has 1 atom stereocenters. The topological polar surface area (TPSA) is 92.7 Å². The Morgan fingerprint density at radius 3 is 2.39 bits per heavy atom. The number of amides is 1. The van der Waals surface area contributed by atoms with Crippen LogP contribution in [0.25, 0.3) is 0 Å². The van der Waals surface area contributed by atoms with Crippen molar-refractivity contribution in [2.45, 2.75) is 12.5 Å². The first kappa shape index (κ1) is 13.7. The van der Waals surface area contributed by atoms with E-state index in [9.17, 15) is 14.4 Å². The molecule has 0 spiro atoms. The van der Waals surface area contributed by atoms with Crippen LogP contribution < -0.4 is 5.32 Å². The molecule has 6 nitrogen and oxygen atoms in total. The highest BCUT2D eigenvalue weighted by Gasteiger charge is 2.22. The molecular weight excluding hydrogens is 238 g/mol. The first-order chi connectivity index (χ1) is 8.54. The summed E-state index contributed by atoms with van der Waals surface area (Å²) in [4.78, 5) is 32.9. The molecule has 1 aromatic carbocycles. The smallest absolute Gasteiger partial charge is 0.407 e. The van der Waals surface area contributed by atoms with Gasteiger partial charge in [-0.3, -0.25) is 4.79 Å². The van der Waals surface area contributed by atoms with Gasteiger partial charge in [0.2, 0.25) is 5.78 Å². The summed E-state index contributed by atoms with van der Waals surface area (Å²) in [5.41, 5.74) is 0.637. The van der Waals surface area contributed by atoms with Gasteiger partial charge in [-0.2, -0.15) is 0 Å². The van der Waals surface area contributed by atoms with Crippen LogP contribution in [0, 0.1) is 0 Å². The average Bonchev–Trinajstić information content (AvgIpc) is 2.38. The molecule has 18 heavy (non-hydrogen) atoms. The molecule has 0 radical (unpaired) electrons. The molecule has 1 rings (SSSR count). The SMILES string of the molecule is COC(=O)N[C@@H](CC(=O)C(=O)O)c1ccccc1. The van der Waals surface area contributed by atoms with Gasteiger partial charge >= 0.3 is 12.1 Å². The number of carboxylic acid groups (broad SMARTS) is 1. The summed E-state index contributed by atoms with van der Waals surface area (Å²) < 4.78 is 4.44. The lowest BCUT2D eigenvalue weighted by atomic mass is 10.0. The van der Waals surface area contributed by atoms with Gasteiger partial charge in [0.1, 0.15) is 0 Å². The molecule has 0 saturated carbocycles. The lowest BCUT2D eigenvalue weighted by Crippen LogP contribution is -2.31. The number of Topliss-reactive ketones (excluding diaryl/α,β-unsaturated/α-hetero) is 1. The zero-order chi connectivity index (χ0) is 13.5. The van der Waals surface area contributed by atoms with Crippen molar-refractivity contribution >= 4 is 17.8 Å². The van der Waals surface area contributed by atoms with Crippen molar-refractivity contribution in [1.82, 2.24) is 5.32 Å². The maximum Gasteiger partial charge on any atom is 0.407 e. The van der Waals surface area contributed by atoms with Gasteiger partial charge in [-0.1, -0.05) is 30.3 Å². The molecule has 0 aromatic heterocycles. The van der Waals surface area contributed by atoms with E-state index < -0.39 is 23.9 Å². The number of carbonyl (C=O) groups is 3. The van der Waals surface area contributed by atoms with Crippen molar-refractivity contribution in [1.29, 1.82) is 0 Å². The van der Waals surface area contributed by atoms with E-state index in [-0.39, 0.29) is 6.42 Å².